The molecule has 0 fully saturated rings. The maximum atomic E-state index is 13.6. The fourth-order valence-electron chi connectivity index (χ4n) is 2.05. The van der Waals surface area contributed by atoms with Crippen molar-refractivity contribution in [1.82, 2.24) is 19.7 Å². The Labute approximate surface area is 146 Å². The van der Waals surface area contributed by atoms with Crippen LogP contribution >= 0.6 is 23.6 Å². The van der Waals surface area contributed by atoms with Crippen LogP contribution in [0.25, 0.3) is 0 Å². The minimum Gasteiger partial charge on any atom is -0.307 e. The van der Waals surface area contributed by atoms with Gasteiger partial charge in [-0.25, -0.2) is 9.37 Å². The first-order valence-electron chi connectivity index (χ1n) is 7.06. The number of nitrogens with one attached hydrogen (secondary N) is 2. The van der Waals surface area contributed by atoms with Crippen molar-refractivity contribution in [2.75, 3.05) is 5.32 Å². The highest BCUT2D eigenvalue weighted by Gasteiger charge is 2.12. The van der Waals surface area contributed by atoms with Gasteiger partial charge < -0.3 is 4.57 Å². The van der Waals surface area contributed by atoms with Crippen LogP contribution in [0.15, 0.2) is 23.6 Å². The van der Waals surface area contributed by atoms with Crippen molar-refractivity contribution in [2.24, 2.45) is 7.05 Å². The largest absolute Gasteiger partial charge is 0.307 e. The second-order valence-electron chi connectivity index (χ2n) is 5.24. The Morgan fingerprint density at radius 3 is 2.96 bits per heavy atom. The van der Waals surface area contributed by atoms with Crippen molar-refractivity contribution in [2.45, 2.75) is 13.3 Å². The van der Waals surface area contributed by atoms with Gasteiger partial charge in [-0.05, 0) is 36.8 Å². The molecule has 6 nitrogen and oxygen atoms in total. The number of halogens is 1. The molecule has 1 amide bonds. The number of hydrogen-bond donors (Lipinski definition) is 2. The van der Waals surface area contributed by atoms with Crippen LogP contribution < -0.4 is 5.32 Å². The molecule has 0 radical (unpaired) electrons. The molecule has 0 saturated heterocycles. The number of hydrogen-bond acceptors (Lipinski definition) is 5. The summed E-state index contributed by atoms with van der Waals surface area (Å²) in [5, 5.41) is 11.8. The van der Waals surface area contributed by atoms with Crippen molar-refractivity contribution in [3.63, 3.8) is 0 Å². The molecular weight excluding hydrogens is 349 g/mol. The van der Waals surface area contributed by atoms with E-state index in [1.807, 2.05) is 12.4 Å². The van der Waals surface area contributed by atoms with Crippen LogP contribution in [0.4, 0.5) is 9.52 Å². The van der Waals surface area contributed by atoms with Gasteiger partial charge in [0, 0.05) is 18.0 Å². The number of thiazole rings is 1. The van der Waals surface area contributed by atoms with Crippen molar-refractivity contribution < 1.29 is 9.18 Å². The van der Waals surface area contributed by atoms with E-state index in [-0.39, 0.29) is 5.56 Å². The van der Waals surface area contributed by atoms with Gasteiger partial charge in [0.2, 0.25) is 0 Å². The Morgan fingerprint density at radius 1 is 1.50 bits per heavy atom. The minimum absolute atomic E-state index is 0.254. The number of aromatic amines is 1. The topological polar surface area (TPSA) is 75.6 Å². The van der Waals surface area contributed by atoms with Gasteiger partial charge >= 0.3 is 0 Å². The molecule has 0 unspecified atom stereocenters. The number of aromatic nitrogens is 4. The van der Waals surface area contributed by atoms with Gasteiger partial charge in [-0.3, -0.25) is 15.2 Å². The van der Waals surface area contributed by atoms with Crippen molar-refractivity contribution in [1.29, 1.82) is 0 Å². The Morgan fingerprint density at radius 2 is 2.29 bits per heavy atom. The van der Waals surface area contributed by atoms with Gasteiger partial charge in [-0.1, -0.05) is 6.07 Å². The summed E-state index contributed by atoms with van der Waals surface area (Å²) in [6.07, 6.45) is 0.495. The van der Waals surface area contributed by atoms with Crippen molar-refractivity contribution >= 4 is 34.6 Å². The van der Waals surface area contributed by atoms with E-state index in [0.717, 1.165) is 11.5 Å². The molecule has 0 aliphatic carbocycles. The van der Waals surface area contributed by atoms with Crippen molar-refractivity contribution in [3.8, 4) is 0 Å². The smallest absolute Gasteiger partial charge is 0.257 e. The quantitative estimate of drug-likeness (QED) is 0.698. The van der Waals surface area contributed by atoms with E-state index < -0.39 is 11.7 Å². The molecule has 0 spiro atoms. The lowest BCUT2D eigenvalue weighted by molar-refractivity contribution is 0.102. The minimum atomic E-state index is -0.409. The summed E-state index contributed by atoms with van der Waals surface area (Å²) in [4.78, 5) is 16.5. The first-order valence-corrected chi connectivity index (χ1v) is 8.35. The summed E-state index contributed by atoms with van der Waals surface area (Å²) < 4.78 is 15.9. The van der Waals surface area contributed by atoms with Gasteiger partial charge in [0.25, 0.3) is 5.91 Å². The zero-order valence-corrected chi connectivity index (χ0v) is 14.6. The molecule has 3 rings (SSSR count). The van der Waals surface area contributed by atoms with Crippen LogP contribution in [0.5, 0.6) is 0 Å². The molecule has 2 aromatic heterocycles. The lowest BCUT2D eigenvalue weighted by Gasteiger charge is -2.03. The summed E-state index contributed by atoms with van der Waals surface area (Å²) in [6.45, 7) is 1.65. The van der Waals surface area contributed by atoms with E-state index in [9.17, 15) is 9.18 Å². The zero-order chi connectivity index (χ0) is 17.3. The fraction of sp³-hybridized carbons (Fsp3) is 0.200. The van der Waals surface area contributed by atoms with Gasteiger partial charge in [0.15, 0.2) is 9.90 Å². The normalized spacial score (nSPS) is 10.8. The number of aryl methyl sites for hydroxylation is 1. The van der Waals surface area contributed by atoms with Gasteiger partial charge in [-0.15, -0.1) is 11.3 Å². The fourth-order valence-corrected chi connectivity index (χ4v) is 2.90. The van der Waals surface area contributed by atoms with Gasteiger partial charge in [-0.2, -0.15) is 5.10 Å². The maximum absolute atomic E-state index is 13.6. The average molecular weight is 363 g/mol. The molecule has 124 valence electrons. The second kappa shape index (κ2) is 6.62. The maximum Gasteiger partial charge on any atom is 0.257 e. The molecule has 24 heavy (non-hydrogen) atoms. The molecule has 0 saturated carbocycles. The predicted octanol–water partition coefficient (Wildman–Crippen LogP) is 3.22. The van der Waals surface area contributed by atoms with E-state index in [1.54, 1.807) is 23.6 Å². The number of rotatable bonds is 4. The third-order valence-electron chi connectivity index (χ3n) is 3.52. The zero-order valence-electron chi connectivity index (χ0n) is 13.0. The van der Waals surface area contributed by atoms with Crippen LogP contribution in [0.1, 0.15) is 27.4 Å². The third kappa shape index (κ3) is 3.41. The first-order chi connectivity index (χ1) is 11.4. The summed E-state index contributed by atoms with van der Waals surface area (Å²) in [5.74, 6) is -0.0509. The highest BCUT2D eigenvalue weighted by atomic mass is 32.1. The van der Waals surface area contributed by atoms with Crippen LogP contribution in [-0.4, -0.2) is 25.7 Å². The Kier molecular flexibility index (Phi) is 4.54. The average Bonchev–Trinajstić information content (AvgIpc) is 3.11. The van der Waals surface area contributed by atoms with Crippen molar-refractivity contribution in [3.05, 3.63) is 56.8 Å². The number of carbonyl (C=O) groups excluding carboxylic acids is 1. The lowest BCUT2D eigenvalue weighted by Crippen LogP contribution is -2.12. The monoisotopic (exact) mass is 363 g/mol. The molecule has 0 bridgehead atoms. The number of carbonyl (C=O) groups is 1. The Hall–Kier alpha value is -2.39. The summed E-state index contributed by atoms with van der Waals surface area (Å²) >= 11 is 6.37. The van der Waals surface area contributed by atoms with Crippen LogP contribution in [0.3, 0.4) is 0 Å². The standard InChI is InChI=1S/C15H14FN5OS2/c1-8-3-4-9(5-11(8)16)13(22)18-14-17-10(7-24-14)6-12-19-20-15(23)21(12)2/h3-5,7H,6H2,1-2H3,(H,20,23)(H,17,18,22). The molecule has 0 aliphatic heterocycles. The Bertz CT molecular complexity index is 959. The first kappa shape index (κ1) is 16.5. The predicted molar refractivity (Wildman–Crippen MR) is 92.4 cm³/mol. The molecule has 2 heterocycles. The third-order valence-corrected chi connectivity index (χ3v) is 4.69. The molecule has 2 N–H and O–H groups in total. The van der Waals surface area contributed by atoms with E-state index >= 15 is 0 Å². The van der Waals surface area contributed by atoms with Gasteiger partial charge in [0.1, 0.15) is 11.6 Å². The number of nitrogens with zero attached hydrogens (tertiary/aromatic N) is 3. The molecule has 3 aromatic rings. The Balaban J connectivity index is 1.71. The summed E-state index contributed by atoms with van der Waals surface area (Å²) in [6, 6.07) is 4.37. The number of amides is 1. The van der Waals surface area contributed by atoms with E-state index in [0.29, 0.717) is 21.9 Å². The lowest BCUT2D eigenvalue weighted by atomic mass is 10.1. The molecule has 9 heteroatoms. The summed E-state index contributed by atoms with van der Waals surface area (Å²) in [7, 11) is 1.82. The molecule has 0 aliphatic rings. The van der Waals surface area contributed by atoms with Crippen LogP contribution in [0, 0.1) is 17.5 Å². The van der Waals surface area contributed by atoms with E-state index in [4.69, 9.17) is 12.2 Å². The highest BCUT2D eigenvalue weighted by Crippen LogP contribution is 2.19. The van der Waals surface area contributed by atoms with E-state index in [1.165, 1.54) is 17.4 Å². The molecule has 0 atom stereocenters. The SMILES string of the molecule is Cc1ccc(C(=O)Nc2nc(Cc3n[nH]c(=S)n3C)cs2)cc1F. The number of H-pyrrole nitrogens is 1. The highest BCUT2D eigenvalue weighted by molar-refractivity contribution is 7.71. The van der Waals surface area contributed by atoms with Crippen LogP contribution in [0.2, 0.25) is 0 Å². The number of anilines is 1. The van der Waals surface area contributed by atoms with Gasteiger partial charge in [0.05, 0.1) is 12.1 Å². The van der Waals surface area contributed by atoms with Crippen LogP contribution in [-0.2, 0) is 13.5 Å². The summed E-state index contributed by atoms with van der Waals surface area (Å²) in [5.41, 5.74) is 1.52. The molecule has 1 aromatic carbocycles. The van der Waals surface area contributed by atoms with E-state index in [2.05, 4.69) is 20.5 Å². The number of benzene rings is 1. The second-order valence-corrected chi connectivity index (χ2v) is 6.49. The molecular formula is C15H14FN5OS2.